The van der Waals surface area contributed by atoms with Gasteiger partial charge >= 0.3 is 0 Å². The minimum absolute atomic E-state index is 0.179. The zero-order valence-electron chi connectivity index (χ0n) is 20.3. The van der Waals surface area contributed by atoms with Gasteiger partial charge in [-0.15, -0.1) is 0 Å². The fourth-order valence-corrected chi connectivity index (χ4v) is 4.55. The molecule has 172 valence electrons. The van der Waals surface area contributed by atoms with Gasteiger partial charge in [-0.25, -0.2) is 0 Å². The number of hydrogen-bond acceptors (Lipinski definition) is 6. The number of fused-ring (bicyclic) bond motifs is 1. The van der Waals surface area contributed by atoms with E-state index >= 15 is 0 Å². The highest BCUT2D eigenvalue weighted by Crippen LogP contribution is 2.32. The molecule has 3 aliphatic rings. The van der Waals surface area contributed by atoms with Gasteiger partial charge in [0, 0.05) is 55.9 Å². The number of anilines is 1. The first kappa shape index (κ1) is 19.3. The molecule has 0 unspecified atom stereocenters. The van der Waals surface area contributed by atoms with E-state index in [2.05, 4.69) is 15.5 Å². The number of nitrogens with zero attached hydrogens (tertiary/aromatic N) is 2. The molecule has 0 spiro atoms. The minimum atomic E-state index is -1.88. The number of amides is 3. The van der Waals surface area contributed by atoms with E-state index in [0.29, 0.717) is 22.4 Å². The highest BCUT2D eigenvalue weighted by molar-refractivity contribution is 6.06. The Morgan fingerprint density at radius 3 is 2.58 bits per heavy atom. The average molecular weight is 451 g/mol. The van der Waals surface area contributed by atoms with Crippen molar-refractivity contribution >= 4 is 23.4 Å². The summed E-state index contributed by atoms with van der Waals surface area (Å²) >= 11 is 0. The van der Waals surface area contributed by atoms with Crippen molar-refractivity contribution in [1.82, 2.24) is 15.1 Å². The maximum atomic E-state index is 13.0. The molecule has 2 N–H and O–H groups in total. The van der Waals surface area contributed by atoms with E-state index in [0.717, 1.165) is 38.4 Å². The minimum Gasteiger partial charge on any atom is -0.381 e. The third-order valence-corrected chi connectivity index (χ3v) is 6.39. The predicted octanol–water partition coefficient (Wildman–Crippen LogP) is 1.89. The summed E-state index contributed by atoms with van der Waals surface area (Å²) in [5.74, 6) is -1.09. The summed E-state index contributed by atoms with van der Waals surface area (Å²) in [6, 6.07) is 11.9. The van der Waals surface area contributed by atoms with Crippen LogP contribution < -0.4 is 10.6 Å². The van der Waals surface area contributed by atoms with Gasteiger partial charge in [0.1, 0.15) is 6.04 Å². The van der Waals surface area contributed by atoms with Crippen molar-refractivity contribution in [1.29, 1.82) is 0 Å². The van der Waals surface area contributed by atoms with Crippen LogP contribution in [0, 0.1) is 0 Å². The van der Waals surface area contributed by atoms with Gasteiger partial charge < -0.3 is 15.0 Å². The van der Waals surface area contributed by atoms with Gasteiger partial charge in [-0.3, -0.25) is 24.6 Å². The molecule has 2 aromatic carbocycles. The second-order valence-corrected chi connectivity index (χ2v) is 8.57. The number of piperidine rings is 1. The molecule has 0 bridgehead atoms. The average Bonchev–Trinajstić information content (AvgIpc) is 3.17. The standard InChI is InChI=1S/C25H28N4O4/c30-23-9-8-22(24(31)27-23)29-16-20-19(25(29)32)2-1-3-21(20)26-14-17-4-6-18(7-5-17)15-28-10-12-33-13-11-28/h1-7,22,26H,8-16H2,(H,27,30,31)/t22-/m1/s1/i14D2. The fraction of sp³-hybridized carbons (Fsp3) is 0.400. The van der Waals surface area contributed by atoms with Gasteiger partial charge in [0.05, 0.1) is 16.0 Å². The van der Waals surface area contributed by atoms with E-state index in [-0.39, 0.29) is 31.2 Å². The van der Waals surface area contributed by atoms with Crippen molar-refractivity contribution in [2.24, 2.45) is 0 Å². The zero-order valence-corrected chi connectivity index (χ0v) is 18.3. The van der Waals surface area contributed by atoms with Crippen LogP contribution in [0.15, 0.2) is 42.5 Å². The largest absolute Gasteiger partial charge is 0.381 e. The molecule has 0 saturated carbocycles. The Hall–Kier alpha value is -3.23. The van der Waals surface area contributed by atoms with Crippen LogP contribution in [0.25, 0.3) is 0 Å². The first-order chi connectivity index (χ1) is 16.8. The number of carbonyl (C=O) groups is 3. The summed E-state index contributed by atoms with van der Waals surface area (Å²) in [6.45, 7) is 2.33. The second-order valence-electron chi connectivity index (χ2n) is 8.57. The molecule has 2 aromatic rings. The topological polar surface area (TPSA) is 91.0 Å². The Labute approximate surface area is 195 Å². The van der Waals surface area contributed by atoms with E-state index < -0.39 is 18.4 Å². The first-order valence-electron chi connectivity index (χ1n) is 12.3. The molecule has 8 heteroatoms. The van der Waals surface area contributed by atoms with E-state index in [9.17, 15) is 14.4 Å². The lowest BCUT2D eigenvalue weighted by molar-refractivity contribution is -0.136. The monoisotopic (exact) mass is 450 g/mol. The maximum absolute atomic E-state index is 13.0. The molecule has 5 rings (SSSR count). The Morgan fingerprint density at radius 2 is 1.82 bits per heavy atom. The van der Waals surface area contributed by atoms with E-state index in [4.69, 9.17) is 7.48 Å². The smallest absolute Gasteiger partial charge is 0.255 e. The first-order valence-corrected chi connectivity index (χ1v) is 11.3. The number of hydrogen-bond donors (Lipinski definition) is 2. The highest BCUT2D eigenvalue weighted by atomic mass is 16.5. The summed E-state index contributed by atoms with van der Waals surface area (Å²) in [6.07, 6.45) is 0.469. The molecule has 3 heterocycles. The van der Waals surface area contributed by atoms with Crippen LogP contribution in [0.4, 0.5) is 5.69 Å². The van der Waals surface area contributed by atoms with Crippen LogP contribution in [-0.2, 0) is 33.9 Å². The Balaban J connectivity index is 1.31. The molecule has 2 fully saturated rings. The predicted molar refractivity (Wildman–Crippen MR) is 122 cm³/mol. The second kappa shape index (κ2) is 9.33. The van der Waals surface area contributed by atoms with E-state index in [1.807, 2.05) is 12.1 Å². The van der Waals surface area contributed by atoms with E-state index in [1.165, 1.54) is 4.90 Å². The van der Waals surface area contributed by atoms with Crippen molar-refractivity contribution in [2.45, 2.75) is 38.5 Å². The van der Waals surface area contributed by atoms with Crippen LogP contribution in [0.1, 0.15) is 42.6 Å². The van der Waals surface area contributed by atoms with Crippen molar-refractivity contribution in [3.8, 4) is 0 Å². The molecule has 3 amide bonds. The van der Waals surface area contributed by atoms with Crippen LogP contribution in [0.5, 0.6) is 0 Å². The van der Waals surface area contributed by atoms with Crippen molar-refractivity contribution in [3.05, 3.63) is 64.7 Å². The van der Waals surface area contributed by atoms with Crippen LogP contribution in [0.2, 0.25) is 0 Å². The fourth-order valence-electron chi connectivity index (χ4n) is 4.55. The molecule has 0 aliphatic carbocycles. The molecule has 0 aromatic heterocycles. The quantitative estimate of drug-likeness (QED) is 0.654. The van der Waals surface area contributed by atoms with Crippen LogP contribution in [0.3, 0.4) is 0 Å². The Bertz CT molecular complexity index is 1150. The van der Waals surface area contributed by atoms with Gasteiger partial charge in [-0.2, -0.15) is 0 Å². The molecular formula is C25H28N4O4. The third kappa shape index (κ3) is 4.62. The third-order valence-electron chi connectivity index (χ3n) is 6.39. The number of morpholine rings is 1. The van der Waals surface area contributed by atoms with Crippen molar-refractivity contribution in [2.75, 3.05) is 31.6 Å². The molecule has 33 heavy (non-hydrogen) atoms. The highest BCUT2D eigenvalue weighted by Gasteiger charge is 2.39. The van der Waals surface area contributed by atoms with Gasteiger partial charge in [0.25, 0.3) is 5.91 Å². The van der Waals surface area contributed by atoms with Crippen molar-refractivity contribution in [3.63, 3.8) is 0 Å². The molecular weight excluding hydrogens is 420 g/mol. The lowest BCUT2D eigenvalue weighted by Crippen LogP contribution is -2.52. The summed E-state index contributed by atoms with van der Waals surface area (Å²) in [5, 5.41) is 5.27. The van der Waals surface area contributed by atoms with E-state index in [1.54, 1.807) is 30.3 Å². The Kier molecular flexibility index (Phi) is 5.44. The normalized spacial score (nSPS) is 22.5. The number of nitrogens with one attached hydrogen (secondary N) is 2. The lowest BCUT2D eigenvalue weighted by atomic mass is 10.0. The summed E-state index contributed by atoms with van der Waals surface area (Å²) in [4.78, 5) is 40.7. The summed E-state index contributed by atoms with van der Waals surface area (Å²) in [7, 11) is 0. The maximum Gasteiger partial charge on any atom is 0.255 e. The van der Waals surface area contributed by atoms with Gasteiger partial charge in [-0.05, 0) is 29.7 Å². The summed E-state index contributed by atoms with van der Waals surface area (Å²) < 4.78 is 22.7. The molecule has 8 nitrogen and oxygen atoms in total. The van der Waals surface area contributed by atoms with Gasteiger partial charge in [0.15, 0.2) is 0 Å². The zero-order chi connectivity index (χ0) is 24.6. The van der Waals surface area contributed by atoms with Crippen LogP contribution >= 0.6 is 0 Å². The number of ether oxygens (including phenoxy) is 1. The number of rotatable bonds is 6. The molecule has 0 radical (unpaired) electrons. The molecule has 2 saturated heterocycles. The molecule has 1 atom stereocenters. The SMILES string of the molecule is [2H]C([2H])(Nc1cccc2c1CN([C@@H]1CCC(=O)NC1=O)C2=O)c1ccc(CN2CCOCC2)cc1. The Morgan fingerprint density at radius 1 is 1.06 bits per heavy atom. The summed E-state index contributed by atoms with van der Waals surface area (Å²) in [5.41, 5.74) is 3.18. The number of benzene rings is 2. The van der Waals surface area contributed by atoms with Gasteiger partial charge in [0.2, 0.25) is 11.8 Å². The molecule has 3 aliphatic heterocycles. The number of imide groups is 1. The number of carbonyl (C=O) groups excluding carboxylic acids is 3. The van der Waals surface area contributed by atoms with Gasteiger partial charge in [-0.1, -0.05) is 30.3 Å². The van der Waals surface area contributed by atoms with Crippen LogP contribution in [-0.4, -0.2) is 59.9 Å². The lowest BCUT2D eigenvalue weighted by Gasteiger charge is -2.29. The van der Waals surface area contributed by atoms with Crippen molar-refractivity contribution < 1.29 is 21.9 Å².